The Kier molecular flexibility index (Phi) is 4.58. The molecular weight excluding hydrogens is 282 g/mol. The number of rotatable bonds is 3. The zero-order valence-electron chi connectivity index (χ0n) is 10.6. The first kappa shape index (κ1) is 14.3. The van der Waals surface area contributed by atoms with Crippen molar-refractivity contribution < 1.29 is 8.78 Å². The molecule has 0 aliphatic heterocycles. The van der Waals surface area contributed by atoms with E-state index in [4.69, 9.17) is 11.6 Å². The summed E-state index contributed by atoms with van der Waals surface area (Å²) in [6, 6.07) is 9.43. The Labute approximate surface area is 120 Å². The van der Waals surface area contributed by atoms with E-state index in [1.54, 1.807) is 31.2 Å². The topological polar surface area (TPSA) is 24.7 Å². The van der Waals surface area contributed by atoms with Gasteiger partial charge in [-0.2, -0.15) is 10.2 Å². The van der Waals surface area contributed by atoms with Crippen molar-refractivity contribution in [3.8, 4) is 0 Å². The monoisotopic (exact) mass is 292 g/mol. The van der Waals surface area contributed by atoms with Gasteiger partial charge in [0.2, 0.25) is 0 Å². The predicted octanol–water partition coefficient (Wildman–Crippen LogP) is 4.38. The average molecular weight is 293 g/mol. The quantitative estimate of drug-likeness (QED) is 0.592. The van der Waals surface area contributed by atoms with Crippen molar-refractivity contribution >= 4 is 24.0 Å². The van der Waals surface area contributed by atoms with E-state index in [9.17, 15) is 8.78 Å². The average Bonchev–Trinajstić information content (AvgIpc) is 2.39. The third-order valence-electron chi connectivity index (χ3n) is 2.55. The van der Waals surface area contributed by atoms with Crippen LogP contribution in [0.1, 0.15) is 16.7 Å². The molecule has 0 N–H and O–H groups in total. The molecule has 0 radical (unpaired) electrons. The summed E-state index contributed by atoms with van der Waals surface area (Å²) >= 11 is 5.74. The van der Waals surface area contributed by atoms with Gasteiger partial charge in [-0.05, 0) is 42.3 Å². The molecule has 5 heteroatoms. The number of halogens is 3. The first-order valence-electron chi connectivity index (χ1n) is 5.84. The first-order chi connectivity index (χ1) is 9.56. The molecule has 0 heterocycles. The van der Waals surface area contributed by atoms with Crippen LogP contribution in [0.15, 0.2) is 46.6 Å². The Morgan fingerprint density at radius 1 is 0.950 bits per heavy atom. The molecule has 2 rings (SSSR count). The van der Waals surface area contributed by atoms with E-state index in [0.29, 0.717) is 10.6 Å². The lowest BCUT2D eigenvalue weighted by Gasteiger charge is -1.99. The number of aryl methyl sites for hydroxylation is 1. The molecule has 0 aromatic heterocycles. The molecule has 0 bridgehead atoms. The second-order valence-electron chi connectivity index (χ2n) is 4.18. The third kappa shape index (κ3) is 3.71. The molecule has 0 aliphatic rings. The van der Waals surface area contributed by atoms with E-state index in [0.717, 1.165) is 11.8 Å². The van der Waals surface area contributed by atoms with Gasteiger partial charge in [0, 0.05) is 5.02 Å². The predicted molar refractivity (Wildman–Crippen MR) is 77.7 cm³/mol. The van der Waals surface area contributed by atoms with Crippen LogP contribution in [0.4, 0.5) is 8.78 Å². The molecule has 2 aromatic rings. The van der Waals surface area contributed by atoms with Gasteiger partial charge in [-0.1, -0.05) is 23.7 Å². The summed E-state index contributed by atoms with van der Waals surface area (Å²) in [7, 11) is 0. The minimum atomic E-state index is -0.659. The van der Waals surface area contributed by atoms with Crippen molar-refractivity contribution in [1.29, 1.82) is 0 Å². The van der Waals surface area contributed by atoms with Crippen LogP contribution in [-0.2, 0) is 0 Å². The minimum Gasteiger partial charge on any atom is -0.206 e. The summed E-state index contributed by atoms with van der Waals surface area (Å²) in [4.78, 5) is 0. The Morgan fingerprint density at radius 3 is 2.10 bits per heavy atom. The lowest BCUT2D eigenvalue weighted by molar-refractivity contribution is 0.578. The number of hydrogen-bond acceptors (Lipinski definition) is 2. The largest absolute Gasteiger partial charge is 0.206 e. The molecular formula is C15H11ClF2N2. The van der Waals surface area contributed by atoms with Crippen molar-refractivity contribution in [2.75, 3.05) is 0 Å². The molecule has 2 aromatic carbocycles. The van der Waals surface area contributed by atoms with Crippen LogP contribution in [0.5, 0.6) is 0 Å². The summed E-state index contributed by atoms with van der Waals surface area (Å²) in [5, 5.41) is 8.00. The Bertz CT molecular complexity index is 641. The summed E-state index contributed by atoms with van der Waals surface area (Å²) in [6.45, 7) is 1.62. The SMILES string of the molecule is Cc1cc(F)c(C=NN=Cc2ccc(Cl)cc2)c(F)c1. The van der Waals surface area contributed by atoms with Crippen LogP contribution < -0.4 is 0 Å². The maximum Gasteiger partial charge on any atom is 0.135 e. The summed E-state index contributed by atoms with van der Waals surface area (Å²) in [5.41, 5.74) is 1.10. The lowest BCUT2D eigenvalue weighted by Crippen LogP contribution is -1.95. The first-order valence-corrected chi connectivity index (χ1v) is 6.21. The Morgan fingerprint density at radius 2 is 1.50 bits per heavy atom. The van der Waals surface area contributed by atoms with E-state index in [1.165, 1.54) is 18.3 Å². The molecule has 0 saturated carbocycles. The van der Waals surface area contributed by atoms with Gasteiger partial charge in [0.25, 0.3) is 0 Å². The Balaban J connectivity index is 2.12. The fraction of sp³-hybridized carbons (Fsp3) is 0.0667. The van der Waals surface area contributed by atoms with Crippen molar-refractivity contribution in [3.63, 3.8) is 0 Å². The molecule has 0 unspecified atom stereocenters. The van der Waals surface area contributed by atoms with Gasteiger partial charge in [-0.3, -0.25) is 0 Å². The molecule has 0 spiro atoms. The molecule has 20 heavy (non-hydrogen) atoms. The van der Waals surface area contributed by atoms with Crippen LogP contribution in [-0.4, -0.2) is 12.4 Å². The highest BCUT2D eigenvalue weighted by Gasteiger charge is 2.07. The van der Waals surface area contributed by atoms with E-state index in [-0.39, 0.29) is 5.56 Å². The van der Waals surface area contributed by atoms with Gasteiger partial charge >= 0.3 is 0 Å². The minimum absolute atomic E-state index is 0.205. The van der Waals surface area contributed by atoms with Crippen LogP contribution in [0, 0.1) is 18.6 Å². The van der Waals surface area contributed by atoms with Gasteiger partial charge in [0.05, 0.1) is 18.0 Å². The highest BCUT2D eigenvalue weighted by Crippen LogP contribution is 2.13. The molecule has 0 amide bonds. The van der Waals surface area contributed by atoms with Crippen LogP contribution >= 0.6 is 11.6 Å². The fourth-order valence-corrected chi connectivity index (χ4v) is 1.70. The van der Waals surface area contributed by atoms with Crippen LogP contribution in [0.25, 0.3) is 0 Å². The summed E-state index contributed by atoms with van der Waals surface area (Å²) < 4.78 is 27.0. The smallest absolute Gasteiger partial charge is 0.135 e. The van der Waals surface area contributed by atoms with Crippen molar-refractivity contribution in [2.24, 2.45) is 10.2 Å². The fourth-order valence-electron chi connectivity index (χ4n) is 1.57. The normalized spacial score (nSPS) is 11.6. The molecule has 0 atom stereocenters. The lowest BCUT2D eigenvalue weighted by atomic mass is 10.1. The van der Waals surface area contributed by atoms with Gasteiger partial charge < -0.3 is 0 Å². The number of hydrogen-bond donors (Lipinski definition) is 0. The van der Waals surface area contributed by atoms with E-state index in [2.05, 4.69) is 10.2 Å². The maximum atomic E-state index is 13.5. The van der Waals surface area contributed by atoms with Crippen LogP contribution in [0.3, 0.4) is 0 Å². The summed E-state index contributed by atoms with van der Waals surface area (Å²) in [6.07, 6.45) is 2.52. The van der Waals surface area contributed by atoms with Crippen molar-refractivity contribution in [2.45, 2.75) is 6.92 Å². The highest BCUT2D eigenvalue weighted by atomic mass is 35.5. The van der Waals surface area contributed by atoms with E-state index >= 15 is 0 Å². The molecule has 0 saturated heterocycles. The van der Waals surface area contributed by atoms with E-state index < -0.39 is 11.6 Å². The molecule has 2 nitrogen and oxygen atoms in total. The second kappa shape index (κ2) is 6.39. The van der Waals surface area contributed by atoms with Gasteiger partial charge in [0.15, 0.2) is 0 Å². The Hall–Kier alpha value is -2.07. The standard InChI is InChI=1S/C15H11ClF2N2/c1-10-6-14(17)13(15(18)7-10)9-20-19-8-11-2-4-12(16)5-3-11/h2-9H,1H3. The zero-order chi connectivity index (χ0) is 14.5. The van der Waals surface area contributed by atoms with Crippen molar-refractivity contribution in [3.05, 3.63) is 69.7 Å². The molecule has 102 valence electrons. The van der Waals surface area contributed by atoms with Gasteiger partial charge in [-0.15, -0.1) is 0 Å². The van der Waals surface area contributed by atoms with Gasteiger partial charge in [0.1, 0.15) is 11.6 Å². The third-order valence-corrected chi connectivity index (χ3v) is 2.81. The summed E-state index contributed by atoms with van der Waals surface area (Å²) in [5.74, 6) is -1.32. The maximum absolute atomic E-state index is 13.5. The number of nitrogens with zero attached hydrogens (tertiary/aromatic N) is 2. The number of benzene rings is 2. The second-order valence-corrected chi connectivity index (χ2v) is 4.62. The molecule has 0 fully saturated rings. The van der Waals surface area contributed by atoms with E-state index in [1.807, 2.05) is 0 Å². The van der Waals surface area contributed by atoms with Crippen LogP contribution in [0.2, 0.25) is 5.02 Å². The van der Waals surface area contributed by atoms with Gasteiger partial charge in [-0.25, -0.2) is 8.78 Å². The zero-order valence-corrected chi connectivity index (χ0v) is 11.4. The highest BCUT2D eigenvalue weighted by molar-refractivity contribution is 6.30. The molecule has 0 aliphatic carbocycles. The van der Waals surface area contributed by atoms with Crippen molar-refractivity contribution in [1.82, 2.24) is 0 Å².